The highest BCUT2D eigenvalue weighted by Crippen LogP contribution is 2.30. The fourth-order valence-electron chi connectivity index (χ4n) is 1.60. The summed E-state index contributed by atoms with van der Waals surface area (Å²) in [6.45, 7) is 2.11. The van der Waals surface area contributed by atoms with Crippen LogP contribution in [0.25, 0.3) is 11.3 Å². The molecule has 6 heteroatoms. The first kappa shape index (κ1) is 13.4. The molecule has 0 fully saturated rings. The van der Waals surface area contributed by atoms with Crippen molar-refractivity contribution in [3.05, 3.63) is 29.6 Å². The molecule has 1 heterocycles. The van der Waals surface area contributed by atoms with Crippen molar-refractivity contribution < 1.29 is 9.53 Å². The number of anilines is 2. The maximum absolute atomic E-state index is 11.5. The summed E-state index contributed by atoms with van der Waals surface area (Å²) in [6.07, 6.45) is -0.459. The number of thiazole rings is 1. The van der Waals surface area contributed by atoms with Crippen molar-refractivity contribution in [2.45, 2.75) is 6.92 Å². The fraction of sp³-hybridized carbons (Fsp3) is 0.231. The minimum Gasteiger partial charge on any atom is -0.450 e. The molecule has 0 aliphatic carbocycles. The lowest BCUT2D eigenvalue weighted by molar-refractivity contribution is 0.168. The van der Waals surface area contributed by atoms with Crippen LogP contribution in [-0.2, 0) is 4.74 Å². The zero-order valence-electron chi connectivity index (χ0n) is 10.8. The number of hydrogen-bond acceptors (Lipinski definition) is 5. The third-order valence-electron chi connectivity index (χ3n) is 2.43. The smallest absolute Gasteiger partial charge is 0.411 e. The Labute approximate surface area is 115 Å². The number of aromatic nitrogens is 1. The van der Waals surface area contributed by atoms with Crippen LogP contribution in [0.1, 0.15) is 6.92 Å². The molecule has 19 heavy (non-hydrogen) atoms. The van der Waals surface area contributed by atoms with E-state index in [9.17, 15) is 4.79 Å². The predicted octanol–water partition coefficient (Wildman–Crippen LogP) is 3.42. The number of carbonyl (C=O) groups excluding carboxylic acids is 1. The van der Waals surface area contributed by atoms with Crippen LogP contribution >= 0.6 is 11.3 Å². The van der Waals surface area contributed by atoms with E-state index in [-0.39, 0.29) is 0 Å². The molecule has 0 saturated carbocycles. The lowest BCUT2D eigenvalue weighted by Gasteiger charge is -2.09. The lowest BCUT2D eigenvalue weighted by atomic mass is 10.1. The Balaban J connectivity index is 2.27. The highest BCUT2D eigenvalue weighted by atomic mass is 32.1. The molecule has 100 valence electrons. The van der Waals surface area contributed by atoms with E-state index in [0.717, 1.165) is 16.4 Å². The van der Waals surface area contributed by atoms with Crippen molar-refractivity contribution >= 4 is 28.2 Å². The molecule has 0 unspecified atom stereocenters. The topological polar surface area (TPSA) is 63.2 Å². The van der Waals surface area contributed by atoms with Gasteiger partial charge in [-0.15, -0.1) is 11.3 Å². The molecule has 0 bridgehead atoms. The highest BCUT2D eigenvalue weighted by Gasteiger charge is 2.11. The van der Waals surface area contributed by atoms with Gasteiger partial charge >= 0.3 is 6.09 Å². The highest BCUT2D eigenvalue weighted by molar-refractivity contribution is 7.14. The molecule has 0 spiro atoms. The molecule has 5 nitrogen and oxygen atoms in total. The van der Waals surface area contributed by atoms with Crippen LogP contribution in [0.3, 0.4) is 0 Å². The van der Waals surface area contributed by atoms with E-state index in [1.165, 1.54) is 11.3 Å². The summed E-state index contributed by atoms with van der Waals surface area (Å²) in [5.74, 6) is 0. The Morgan fingerprint density at radius 1 is 1.42 bits per heavy atom. The molecule has 2 rings (SSSR count). The molecule has 0 saturated heterocycles. The number of rotatable bonds is 4. The molecule has 1 amide bonds. The van der Waals surface area contributed by atoms with Gasteiger partial charge in [0.2, 0.25) is 0 Å². The summed E-state index contributed by atoms with van der Waals surface area (Å²) in [6, 6.07) is 7.50. The van der Waals surface area contributed by atoms with E-state index < -0.39 is 6.09 Å². The Kier molecular flexibility index (Phi) is 4.35. The van der Waals surface area contributed by atoms with Gasteiger partial charge < -0.3 is 10.1 Å². The Hall–Kier alpha value is -2.08. The van der Waals surface area contributed by atoms with E-state index in [1.54, 1.807) is 6.92 Å². The summed E-state index contributed by atoms with van der Waals surface area (Å²) in [4.78, 5) is 15.9. The second-order valence-electron chi connectivity index (χ2n) is 3.68. The average Bonchev–Trinajstić information content (AvgIpc) is 2.88. The Morgan fingerprint density at radius 2 is 2.21 bits per heavy atom. The Bertz CT molecular complexity index is 569. The number of benzene rings is 1. The molecular formula is C13H15N3O2S. The summed E-state index contributed by atoms with van der Waals surface area (Å²) >= 11 is 1.52. The molecule has 2 N–H and O–H groups in total. The zero-order chi connectivity index (χ0) is 13.7. The molecule has 0 radical (unpaired) electrons. The van der Waals surface area contributed by atoms with Crippen LogP contribution in [0.15, 0.2) is 29.6 Å². The number of nitrogens with one attached hydrogen (secondary N) is 2. The van der Waals surface area contributed by atoms with E-state index in [0.29, 0.717) is 12.3 Å². The largest absolute Gasteiger partial charge is 0.450 e. The number of amides is 1. The van der Waals surface area contributed by atoms with Crippen LogP contribution in [0.2, 0.25) is 0 Å². The Morgan fingerprint density at radius 3 is 2.89 bits per heavy atom. The second-order valence-corrected chi connectivity index (χ2v) is 4.54. The summed E-state index contributed by atoms with van der Waals surface area (Å²) in [7, 11) is 1.82. The predicted molar refractivity (Wildman–Crippen MR) is 77.7 cm³/mol. The maximum Gasteiger partial charge on any atom is 0.411 e. The van der Waals surface area contributed by atoms with Gasteiger partial charge in [0.1, 0.15) is 0 Å². The molecule has 0 atom stereocenters. The normalized spacial score (nSPS) is 10.0. The number of carbonyl (C=O) groups is 1. The average molecular weight is 277 g/mol. The van der Waals surface area contributed by atoms with E-state index in [4.69, 9.17) is 4.74 Å². The van der Waals surface area contributed by atoms with Crippen molar-refractivity contribution in [2.75, 3.05) is 24.3 Å². The van der Waals surface area contributed by atoms with E-state index in [1.807, 2.05) is 36.7 Å². The van der Waals surface area contributed by atoms with Crippen LogP contribution in [0, 0.1) is 0 Å². The second kappa shape index (κ2) is 6.19. The van der Waals surface area contributed by atoms with Gasteiger partial charge in [0.25, 0.3) is 0 Å². The SMILES string of the molecule is CCOC(=O)Nc1ccccc1-c1csc(NC)n1. The van der Waals surface area contributed by atoms with E-state index in [2.05, 4.69) is 15.6 Å². The van der Waals surface area contributed by atoms with Gasteiger partial charge in [-0.25, -0.2) is 9.78 Å². The number of hydrogen-bond donors (Lipinski definition) is 2. The fourth-order valence-corrected chi connectivity index (χ4v) is 2.28. The van der Waals surface area contributed by atoms with Gasteiger partial charge in [-0.1, -0.05) is 18.2 Å². The van der Waals surface area contributed by atoms with Gasteiger partial charge in [-0.05, 0) is 13.0 Å². The molecule has 0 aliphatic rings. The van der Waals surface area contributed by atoms with Crippen molar-refractivity contribution in [3.63, 3.8) is 0 Å². The van der Waals surface area contributed by atoms with E-state index >= 15 is 0 Å². The van der Waals surface area contributed by atoms with Gasteiger partial charge in [0, 0.05) is 18.0 Å². The molecule has 0 aliphatic heterocycles. The van der Waals surface area contributed by atoms with Gasteiger partial charge in [0.15, 0.2) is 5.13 Å². The summed E-state index contributed by atoms with van der Waals surface area (Å²) < 4.78 is 4.88. The monoisotopic (exact) mass is 277 g/mol. The first-order valence-electron chi connectivity index (χ1n) is 5.91. The lowest BCUT2D eigenvalue weighted by Crippen LogP contribution is -2.13. The molecule has 1 aromatic carbocycles. The van der Waals surface area contributed by atoms with Crippen molar-refractivity contribution in [1.29, 1.82) is 0 Å². The quantitative estimate of drug-likeness (QED) is 0.898. The van der Waals surface area contributed by atoms with Crippen molar-refractivity contribution in [2.24, 2.45) is 0 Å². The minimum atomic E-state index is -0.459. The first-order valence-corrected chi connectivity index (χ1v) is 6.79. The molecule has 2 aromatic rings. The summed E-state index contributed by atoms with van der Waals surface area (Å²) in [5, 5.41) is 8.49. The van der Waals surface area contributed by atoms with Crippen LogP contribution in [0.4, 0.5) is 15.6 Å². The number of ether oxygens (including phenoxy) is 1. The van der Waals surface area contributed by atoms with Crippen LogP contribution in [0.5, 0.6) is 0 Å². The zero-order valence-corrected chi connectivity index (χ0v) is 11.6. The third kappa shape index (κ3) is 3.23. The van der Waals surface area contributed by atoms with Gasteiger partial charge in [-0.2, -0.15) is 0 Å². The van der Waals surface area contributed by atoms with Crippen molar-refractivity contribution in [1.82, 2.24) is 4.98 Å². The standard InChI is InChI=1S/C13H15N3O2S/c1-3-18-13(17)16-10-7-5-4-6-9(10)11-8-19-12(14-2)15-11/h4-8H,3H2,1-2H3,(H,14,15)(H,16,17). The third-order valence-corrected chi connectivity index (χ3v) is 3.29. The number of nitrogens with zero attached hydrogens (tertiary/aromatic N) is 1. The number of para-hydroxylation sites is 1. The summed E-state index contributed by atoms with van der Waals surface area (Å²) in [5.41, 5.74) is 2.38. The first-order chi connectivity index (χ1) is 9.24. The van der Waals surface area contributed by atoms with Crippen LogP contribution in [-0.4, -0.2) is 24.7 Å². The maximum atomic E-state index is 11.5. The van der Waals surface area contributed by atoms with Gasteiger partial charge in [-0.3, -0.25) is 5.32 Å². The minimum absolute atomic E-state index is 0.342. The van der Waals surface area contributed by atoms with Crippen molar-refractivity contribution in [3.8, 4) is 11.3 Å². The van der Waals surface area contributed by atoms with Crippen LogP contribution < -0.4 is 10.6 Å². The molecule has 1 aromatic heterocycles. The molecular weight excluding hydrogens is 262 g/mol. The van der Waals surface area contributed by atoms with Gasteiger partial charge in [0.05, 0.1) is 18.0 Å².